The van der Waals surface area contributed by atoms with Crippen LogP contribution in [0.2, 0.25) is 0 Å². The molecule has 0 aromatic heterocycles. The highest BCUT2D eigenvalue weighted by molar-refractivity contribution is 5.85. The number of nitrogens with zero attached hydrogens (tertiary/aromatic N) is 2. The predicted molar refractivity (Wildman–Crippen MR) is 86.6 cm³/mol. The molecule has 0 aliphatic carbocycles. The van der Waals surface area contributed by atoms with Gasteiger partial charge in [-0.05, 0) is 38.8 Å². The van der Waals surface area contributed by atoms with Crippen molar-refractivity contribution >= 4 is 12.0 Å². The number of hydrogen-bond donors (Lipinski definition) is 2. The standard InChI is InChI=1S/C16H28N4O3/c1-12(2)10-14(15(21)18-8-7-17)19-16(22)23-11-13-6-4-5-9-20(13)3/h12-14H,4-6,8-11H2,1-3H3,(H,18,21)(H,19,22)/t13?,14-/m1/s1. The van der Waals surface area contributed by atoms with E-state index in [2.05, 4.69) is 15.5 Å². The van der Waals surface area contributed by atoms with Crippen molar-refractivity contribution in [2.45, 2.75) is 51.6 Å². The molecular formula is C16H28N4O3. The van der Waals surface area contributed by atoms with Crippen LogP contribution in [0.3, 0.4) is 0 Å². The van der Waals surface area contributed by atoms with Gasteiger partial charge < -0.3 is 20.3 Å². The van der Waals surface area contributed by atoms with E-state index in [0.29, 0.717) is 13.0 Å². The molecule has 1 heterocycles. The zero-order chi connectivity index (χ0) is 17.2. The summed E-state index contributed by atoms with van der Waals surface area (Å²) in [7, 11) is 2.03. The molecule has 2 N–H and O–H groups in total. The summed E-state index contributed by atoms with van der Waals surface area (Å²) in [6, 6.07) is 1.41. The fraction of sp³-hybridized carbons (Fsp3) is 0.812. The minimum Gasteiger partial charge on any atom is -0.448 e. The molecule has 1 aliphatic heterocycles. The van der Waals surface area contributed by atoms with E-state index in [0.717, 1.165) is 19.4 Å². The molecular weight excluding hydrogens is 296 g/mol. The number of nitriles is 1. The smallest absolute Gasteiger partial charge is 0.407 e. The minimum atomic E-state index is -0.681. The van der Waals surface area contributed by atoms with Gasteiger partial charge in [-0.1, -0.05) is 20.3 Å². The van der Waals surface area contributed by atoms with E-state index in [1.807, 2.05) is 27.0 Å². The van der Waals surface area contributed by atoms with E-state index in [-0.39, 0.29) is 24.4 Å². The average Bonchev–Trinajstić information content (AvgIpc) is 2.50. The number of likely N-dealkylation sites (tertiary alicyclic amines) is 1. The van der Waals surface area contributed by atoms with Crippen LogP contribution in [0.25, 0.3) is 0 Å². The molecule has 1 saturated heterocycles. The summed E-state index contributed by atoms with van der Waals surface area (Å²) in [4.78, 5) is 26.2. The van der Waals surface area contributed by atoms with Crippen molar-refractivity contribution in [2.75, 3.05) is 26.7 Å². The highest BCUT2D eigenvalue weighted by atomic mass is 16.5. The van der Waals surface area contributed by atoms with Crippen LogP contribution < -0.4 is 10.6 Å². The fourth-order valence-electron chi connectivity index (χ4n) is 2.66. The van der Waals surface area contributed by atoms with Crippen molar-refractivity contribution in [3.63, 3.8) is 0 Å². The number of likely N-dealkylation sites (N-methyl/N-ethyl adjacent to an activating group) is 1. The molecule has 1 aliphatic rings. The Labute approximate surface area is 138 Å². The monoisotopic (exact) mass is 324 g/mol. The molecule has 0 saturated carbocycles. The lowest BCUT2D eigenvalue weighted by molar-refractivity contribution is -0.123. The summed E-state index contributed by atoms with van der Waals surface area (Å²) in [5, 5.41) is 13.6. The first-order valence-electron chi connectivity index (χ1n) is 8.22. The lowest BCUT2D eigenvalue weighted by Gasteiger charge is -2.32. The number of hydrogen-bond acceptors (Lipinski definition) is 5. The predicted octanol–water partition coefficient (Wildman–Crippen LogP) is 1.25. The van der Waals surface area contributed by atoms with Crippen LogP contribution in [0.4, 0.5) is 4.79 Å². The molecule has 0 aromatic carbocycles. The highest BCUT2D eigenvalue weighted by Crippen LogP contribution is 2.15. The van der Waals surface area contributed by atoms with Crippen LogP contribution in [0.5, 0.6) is 0 Å². The zero-order valence-electron chi connectivity index (χ0n) is 14.3. The van der Waals surface area contributed by atoms with Gasteiger partial charge in [-0.2, -0.15) is 5.26 Å². The van der Waals surface area contributed by atoms with Crippen LogP contribution in [0.15, 0.2) is 0 Å². The van der Waals surface area contributed by atoms with Crippen molar-refractivity contribution in [2.24, 2.45) is 5.92 Å². The Morgan fingerprint density at radius 2 is 2.13 bits per heavy atom. The van der Waals surface area contributed by atoms with Gasteiger partial charge in [-0.25, -0.2) is 4.79 Å². The molecule has 0 bridgehead atoms. The molecule has 7 nitrogen and oxygen atoms in total. The number of alkyl carbamates (subject to hydrolysis) is 1. The molecule has 0 aromatic rings. The van der Waals surface area contributed by atoms with E-state index in [1.165, 1.54) is 6.42 Å². The molecule has 1 rings (SSSR count). The van der Waals surface area contributed by atoms with E-state index >= 15 is 0 Å². The fourth-order valence-corrected chi connectivity index (χ4v) is 2.66. The molecule has 1 unspecified atom stereocenters. The van der Waals surface area contributed by atoms with Crippen LogP contribution in [-0.2, 0) is 9.53 Å². The van der Waals surface area contributed by atoms with Crippen molar-refractivity contribution < 1.29 is 14.3 Å². The van der Waals surface area contributed by atoms with Gasteiger partial charge in [0.25, 0.3) is 0 Å². The summed E-state index contributed by atoms with van der Waals surface area (Å²) in [6.07, 6.45) is 3.25. The second-order valence-corrected chi connectivity index (χ2v) is 6.43. The number of nitrogens with one attached hydrogen (secondary N) is 2. The number of ether oxygens (including phenoxy) is 1. The maximum atomic E-state index is 12.0. The van der Waals surface area contributed by atoms with Crippen molar-refractivity contribution in [3.8, 4) is 6.07 Å². The SMILES string of the molecule is CC(C)C[C@@H](NC(=O)OCC1CCCCN1C)C(=O)NCC#N. The topological polar surface area (TPSA) is 94.5 Å². The number of carbonyl (C=O) groups excluding carboxylic acids is 2. The molecule has 0 spiro atoms. The van der Waals surface area contributed by atoms with Gasteiger partial charge >= 0.3 is 6.09 Å². The maximum absolute atomic E-state index is 12.0. The normalized spacial score (nSPS) is 19.7. The minimum absolute atomic E-state index is 0.0724. The quantitative estimate of drug-likeness (QED) is 0.687. The lowest BCUT2D eigenvalue weighted by atomic mass is 10.0. The first-order chi connectivity index (χ1) is 10.9. The van der Waals surface area contributed by atoms with Gasteiger partial charge in [0, 0.05) is 6.04 Å². The molecule has 130 valence electrons. The third kappa shape index (κ3) is 7.33. The zero-order valence-corrected chi connectivity index (χ0v) is 14.3. The van der Waals surface area contributed by atoms with Crippen LogP contribution in [0.1, 0.15) is 39.5 Å². The summed E-state index contributed by atoms with van der Waals surface area (Å²) < 4.78 is 5.28. The Hall–Kier alpha value is -1.81. The first-order valence-corrected chi connectivity index (χ1v) is 8.22. The number of carbonyl (C=O) groups is 2. The summed E-state index contributed by atoms with van der Waals surface area (Å²) in [5.41, 5.74) is 0. The van der Waals surface area contributed by atoms with Gasteiger partial charge in [0.05, 0.1) is 6.07 Å². The first kappa shape index (κ1) is 19.2. The highest BCUT2D eigenvalue weighted by Gasteiger charge is 2.24. The largest absolute Gasteiger partial charge is 0.448 e. The summed E-state index contributed by atoms with van der Waals surface area (Å²) in [6.45, 7) is 5.21. The molecule has 7 heteroatoms. The Balaban J connectivity index is 2.45. The average molecular weight is 324 g/mol. The van der Waals surface area contributed by atoms with E-state index < -0.39 is 12.1 Å². The van der Waals surface area contributed by atoms with Crippen molar-refractivity contribution in [3.05, 3.63) is 0 Å². The Morgan fingerprint density at radius 1 is 1.39 bits per heavy atom. The third-order valence-corrected chi connectivity index (χ3v) is 3.99. The number of amides is 2. The van der Waals surface area contributed by atoms with Gasteiger partial charge in [0.15, 0.2) is 0 Å². The molecule has 1 fully saturated rings. The van der Waals surface area contributed by atoms with E-state index in [9.17, 15) is 9.59 Å². The van der Waals surface area contributed by atoms with Crippen molar-refractivity contribution in [1.82, 2.24) is 15.5 Å². The van der Waals surface area contributed by atoms with Gasteiger partial charge in [0.1, 0.15) is 19.2 Å². The molecule has 2 atom stereocenters. The van der Waals surface area contributed by atoms with Crippen LogP contribution in [-0.4, -0.2) is 55.7 Å². The van der Waals surface area contributed by atoms with Crippen LogP contribution in [0, 0.1) is 17.2 Å². The van der Waals surface area contributed by atoms with E-state index in [1.54, 1.807) is 0 Å². The van der Waals surface area contributed by atoms with Crippen molar-refractivity contribution in [1.29, 1.82) is 5.26 Å². The third-order valence-electron chi connectivity index (χ3n) is 3.99. The van der Waals surface area contributed by atoms with Gasteiger partial charge in [0.2, 0.25) is 5.91 Å². The Morgan fingerprint density at radius 3 is 2.74 bits per heavy atom. The molecule has 0 radical (unpaired) electrons. The van der Waals surface area contributed by atoms with E-state index in [4.69, 9.17) is 10.00 Å². The second-order valence-electron chi connectivity index (χ2n) is 6.43. The Kier molecular flexibility index (Phi) is 8.41. The second kappa shape index (κ2) is 10.1. The maximum Gasteiger partial charge on any atom is 0.407 e. The summed E-state index contributed by atoms with van der Waals surface area (Å²) in [5.74, 6) is -0.121. The van der Waals surface area contributed by atoms with Crippen LogP contribution >= 0.6 is 0 Å². The molecule has 2 amide bonds. The van der Waals surface area contributed by atoms with Gasteiger partial charge in [-0.3, -0.25) is 4.79 Å². The summed E-state index contributed by atoms with van der Waals surface area (Å²) >= 11 is 0. The number of rotatable bonds is 7. The molecule has 23 heavy (non-hydrogen) atoms. The number of piperidine rings is 1. The lowest BCUT2D eigenvalue weighted by Crippen LogP contribution is -2.48. The van der Waals surface area contributed by atoms with Gasteiger partial charge in [-0.15, -0.1) is 0 Å². The Bertz CT molecular complexity index is 434.